The van der Waals surface area contributed by atoms with Gasteiger partial charge in [0.15, 0.2) is 0 Å². The van der Waals surface area contributed by atoms with Crippen molar-refractivity contribution in [2.24, 2.45) is 0 Å². The number of carbonyl (C=O) groups is 1. The van der Waals surface area contributed by atoms with E-state index in [1.807, 2.05) is 60.7 Å². The van der Waals surface area contributed by atoms with E-state index in [9.17, 15) is 4.79 Å². The molecule has 0 fully saturated rings. The number of fused-ring (bicyclic) bond motifs is 1. The third kappa shape index (κ3) is 4.31. The SMILES string of the molecule is O=C(Nc1cccc(Cl)c1Cl)c1ccc2nc(-c3ccccc3)c(-c3ccccc3)nc2c1. The molecule has 0 aliphatic heterocycles. The highest BCUT2D eigenvalue weighted by Crippen LogP contribution is 2.32. The molecule has 160 valence electrons. The van der Waals surface area contributed by atoms with Crippen LogP contribution in [-0.2, 0) is 0 Å². The number of benzene rings is 4. The van der Waals surface area contributed by atoms with Crippen molar-refractivity contribution in [1.82, 2.24) is 9.97 Å². The van der Waals surface area contributed by atoms with Crippen LogP contribution in [-0.4, -0.2) is 15.9 Å². The molecule has 1 amide bonds. The van der Waals surface area contributed by atoms with E-state index >= 15 is 0 Å². The van der Waals surface area contributed by atoms with E-state index in [1.54, 1.807) is 36.4 Å². The average molecular weight is 470 g/mol. The van der Waals surface area contributed by atoms with Crippen molar-refractivity contribution in [2.45, 2.75) is 0 Å². The summed E-state index contributed by atoms with van der Waals surface area (Å²) in [6, 6.07) is 30.2. The second-order valence-corrected chi connectivity index (χ2v) is 8.20. The molecule has 0 bridgehead atoms. The average Bonchev–Trinajstić information content (AvgIpc) is 2.86. The smallest absolute Gasteiger partial charge is 0.255 e. The maximum atomic E-state index is 12.9. The third-order valence-electron chi connectivity index (χ3n) is 5.22. The number of hydrogen-bond donors (Lipinski definition) is 1. The number of nitrogens with zero attached hydrogens (tertiary/aromatic N) is 2. The molecule has 0 aliphatic carbocycles. The summed E-state index contributed by atoms with van der Waals surface area (Å²) in [5, 5.41) is 3.48. The number of carbonyl (C=O) groups excluding carboxylic acids is 1. The van der Waals surface area contributed by atoms with E-state index in [4.69, 9.17) is 33.2 Å². The Morgan fingerprint density at radius 1 is 0.667 bits per heavy atom. The van der Waals surface area contributed by atoms with E-state index < -0.39 is 0 Å². The molecule has 5 rings (SSSR count). The van der Waals surface area contributed by atoms with Gasteiger partial charge in [-0.05, 0) is 30.3 Å². The first-order chi connectivity index (χ1) is 16.1. The maximum absolute atomic E-state index is 12.9. The summed E-state index contributed by atoms with van der Waals surface area (Å²) in [5.41, 5.74) is 5.68. The normalized spacial score (nSPS) is 10.8. The van der Waals surface area contributed by atoms with Gasteiger partial charge in [0.2, 0.25) is 0 Å². The number of halogens is 2. The summed E-state index contributed by atoms with van der Waals surface area (Å²) in [7, 11) is 0. The Morgan fingerprint density at radius 2 is 1.27 bits per heavy atom. The molecular weight excluding hydrogens is 453 g/mol. The minimum atomic E-state index is -0.309. The molecule has 1 heterocycles. The maximum Gasteiger partial charge on any atom is 0.255 e. The number of hydrogen-bond acceptors (Lipinski definition) is 3. The zero-order valence-corrected chi connectivity index (χ0v) is 18.8. The first-order valence-corrected chi connectivity index (χ1v) is 11.0. The van der Waals surface area contributed by atoms with Gasteiger partial charge in [0.25, 0.3) is 5.91 Å². The van der Waals surface area contributed by atoms with Gasteiger partial charge < -0.3 is 5.32 Å². The fourth-order valence-electron chi connectivity index (χ4n) is 3.58. The van der Waals surface area contributed by atoms with Crippen molar-refractivity contribution in [3.63, 3.8) is 0 Å². The van der Waals surface area contributed by atoms with Gasteiger partial charge >= 0.3 is 0 Å². The minimum Gasteiger partial charge on any atom is -0.321 e. The molecule has 1 aromatic heterocycles. The molecule has 0 unspecified atom stereocenters. The lowest BCUT2D eigenvalue weighted by molar-refractivity contribution is 0.102. The van der Waals surface area contributed by atoms with Gasteiger partial charge in [0.1, 0.15) is 0 Å². The van der Waals surface area contributed by atoms with Crippen molar-refractivity contribution < 1.29 is 4.79 Å². The Bertz CT molecular complexity index is 1470. The summed E-state index contributed by atoms with van der Waals surface area (Å²) in [6.07, 6.45) is 0. The highest BCUT2D eigenvalue weighted by molar-refractivity contribution is 6.44. The molecule has 0 aliphatic rings. The van der Waals surface area contributed by atoms with E-state index in [0.29, 0.717) is 32.3 Å². The van der Waals surface area contributed by atoms with Gasteiger partial charge in [0, 0.05) is 16.7 Å². The molecule has 0 spiro atoms. The molecule has 4 nitrogen and oxygen atoms in total. The molecule has 33 heavy (non-hydrogen) atoms. The molecular formula is C27H17Cl2N3O. The van der Waals surface area contributed by atoms with E-state index in [2.05, 4.69) is 5.32 Å². The molecule has 6 heteroatoms. The van der Waals surface area contributed by atoms with Gasteiger partial charge in [-0.2, -0.15) is 0 Å². The number of nitrogens with one attached hydrogen (secondary N) is 1. The monoisotopic (exact) mass is 469 g/mol. The molecule has 0 saturated carbocycles. The lowest BCUT2D eigenvalue weighted by Crippen LogP contribution is -2.12. The predicted octanol–water partition coefficient (Wildman–Crippen LogP) is 7.52. The van der Waals surface area contributed by atoms with Gasteiger partial charge in [-0.1, -0.05) is 89.9 Å². The molecule has 1 N–H and O–H groups in total. The van der Waals surface area contributed by atoms with E-state index in [0.717, 1.165) is 22.5 Å². The van der Waals surface area contributed by atoms with Crippen LogP contribution in [0.5, 0.6) is 0 Å². The van der Waals surface area contributed by atoms with Crippen LogP contribution in [0.15, 0.2) is 97.1 Å². The summed E-state index contributed by atoms with van der Waals surface area (Å²) in [4.78, 5) is 22.7. The lowest BCUT2D eigenvalue weighted by Gasteiger charge is -2.12. The van der Waals surface area contributed by atoms with E-state index in [1.165, 1.54) is 0 Å². The summed E-state index contributed by atoms with van der Waals surface area (Å²) >= 11 is 12.3. The Morgan fingerprint density at radius 3 is 1.91 bits per heavy atom. The second-order valence-electron chi connectivity index (χ2n) is 7.41. The van der Waals surface area contributed by atoms with Gasteiger partial charge in [-0.25, -0.2) is 9.97 Å². The van der Waals surface area contributed by atoms with Crippen molar-refractivity contribution in [3.8, 4) is 22.5 Å². The van der Waals surface area contributed by atoms with Gasteiger partial charge in [0.05, 0.1) is 38.2 Å². The molecule has 0 radical (unpaired) electrons. The largest absolute Gasteiger partial charge is 0.321 e. The summed E-state index contributed by atoms with van der Waals surface area (Å²) < 4.78 is 0. The van der Waals surface area contributed by atoms with Crippen LogP contribution in [0.1, 0.15) is 10.4 Å². The number of amides is 1. The highest BCUT2D eigenvalue weighted by atomic mass is 35.5. The first-order valence-electron chi connectivity index (χ1n) is 10.3. The highest BCUT2D eigenvalue weighted by Gasteiger charge is 2.15. The zero-order chi connectivity index (χ0) is 22.8. The lowest BCUT2D eigenvalue weighted by atomic mass is 10.0. The molecule has 4 aromatic carbocycles. The standard InChI is InChI=1S/C27H17Cl2N3O/c28-20-12-7-13-22(24(20)29)32-27(33)19-14-15-21-23(16-19)31-26(18-10-5-2-6-11-18)25(30-21)17-8-3-1-4-9-17/h1-16H,(H,32,33). The number of anilines is 1. The number of aromatic nitrogens is 2. The van der Waals surface area contributed by atoms with Crippen LogP contribution >= 0.6 is 23.2 Å². The van der Waals surface area contributed by atoms with Crippen LogP contribution in [0.2, 0.25) is 10.0 Å². The van der Waals surface area contributed by atoms with Crippen molar-refractivity contribution in [3.05, 3.63) is 113 Å². The Hall–Kier alpha value is -3.73. The Kier molecular flexibility index (Phi) is 5.78. The molecule has 0 saturated heterocycles. The van der Waals surface area contributed by atoms with Crippen molar-refractivity contribution in [2.75, 3.05) is 5.32 Å². The van der Waals surface area contributed by atoms with E-state index in [-0.39, 0.29) is 5.91 Å². The Labute approximate surface area is 200 Å². The first kappa shape index (κ1) is 21.1. The van der Waals surface area contributed by atoms with Crippen LogP contribution in [0, 0.1) is 0 Å². The molecule has 0 atom stereocenters. The fraction of sp³-hybridized carbons (Fsp3) is 0. The summed E-state index contributed by atoms with van der Waals surface area (Å²) in [5.74, 6) is -0.309. The second kappa shape index (κ2) is 9.02. The minimum absolute atomic E-state index is 0.298. The van der Waals surface area contributed by atoms with Crippen molar-refractivity contribution in [1.29, 1.82) is 0 Å². The van der Waals surface area contributed by atoms with Crippen molar-refractivity contribution >= 4 is 45.8 Å². The van der Waals surface area contributed by atoms with Gasteiger partial charge in [-0.15, -0.1) is 0 Å². The third-order valence-corrected chi connectivity index (χ3v) is 6.04. The zero-order valence-electron chi connectivity index (χ0n) is 17.3. The molecule has 5 aromatic rings. The Balaban J connectivity index is 1.59. The van der Waals surface area contributed by atoms with Crippen LogP contribution in [0.25, 0.3) is 33.5 Å². The van der Waals surface area contributed by atoms with Crippen LogP contribution in [0.3, 0.4) is 0 Å². The summed E-state index contributed by atoms with van der Waals surface area (Å²) in [6.45, 7) is 0. The van der Waals surface area contributed by atoms with Gasteiger partial charge in [-0.3, -0.25) is 4.79 Å². The fourth-order valence-corrected chi connectivity index (χ4v) is 3.93. The predicted molar refractivity (Wildman–Crippen MR) is 135 cm³/mol. The van der Waals surface area contributed by atoms with Crippen LogP contribution in [0.4, 0.5) is 5.69 Å². The quantitative estimate of drug-likeness (QED) is 0.296. The number of rotatable bonds is 4. The van der Waals surface area contributed by atoms with Crippen LogP contribution < -0.4 is 5.32 Å². The topological polar surface area (TPSA) is 54.9 Å².